The Kier molecular flexibility index (Phi) is 6.73. The molecule has 13 rings (SSSR count). The first-order valence-electron chi connectivity index (χ1n) is 19.9. The van der Waals surface area contributed by atoms with Gasteiger partial charge in [-0.05, 0) is 88.0 Å². The van der Waals surface area contributed by atoms with E-state index < -0.39 is 0 Å². The number of hydrogen-bond acceptors (Lipinski definition) is 5. The van der Waals surface area contributed by atoms with Crippen LogP contribution in [0.1, 0.15) is 5.56 Å². The second-order valence-corrected chi connectivity index (χ2v) is 15.5. The average Bonchev–Trinajstić information content (AvgIpc) is 4.07. The third kappa shape index (κ3) is 4.73. The quantitative estimate of drug-likeness (QED) is 0.178. The highest BCUT2D eigenvalue weighted by Crippen LogP contribution is 2.46. The predicted molar refractivity (Wildman–Crippen MR) is 242 cm³/mol. The maximum Gasteiger partial charge on any atom is 0.147 e. The van der Waals surface area contributed by atoms with Crippen LogP contribution >= 0.6 is 0 Å². The molecule has 13 aromatic rings. The lowest BCUT2D eigenvalue weighted by Gasteiger charge is -2.11. The van der Waals surface area contributed by atoms with E-state index in [2.05, 4.69) is 97.1 Å². The fourth-order valence-corrected chi connectivity index (χ4v) is 9.28. The number of nitriles is 1. The van der Waals surface area contributed by atoms with Gasteiger partial charge >= 0.3 is 0 Å². The van der Waals surface area contributed by atoms with Gasteiger partial charge in [0.1, 0.15) is 44.7 Å². The van der Waals surface area contributed by atoms with Crippen molar-refractivity contribution < 1.29 is 17.7 Å². The van der Waals surface area contributed by atoms with Crippen LogP contribution in [-0.4, -0.2) is 0 Å². The normalized spacial score (nSPS) is 12.0. The Morgan fingerprint density at radius 3 is 0.900 bits per heavy atom. The highest BCUT2D eigenvalue weighted by Gasteiger charge is 2.23. The lowest BCUT2D eigenvalue weighted by atomic mass is 9.93. The molecule has 9 aromatic carbocycles. The summed E-state index contributed by atoms with van der Waals surface area (Å²) in [5.41, 5.74) is 14.8. The molecule has 0 spiro atoms. The van der Waals surface area contributed by atoms with Crippen molar-refractivity contribution in [3.05, 3.63) is 181 Å². The maximum absolute atomic E-state index is 10.2. The SMILES string of the molecule is N#Cc1cc(-c2ccc(-c3c4oc5ccccc5c4cc4c3oc3ccccc34)cc2)cc(-c2ccc(-c3c4oc5ccccc5c4cc4c3oc3ccccc34)cc2)c1. The van der Waals surface area contributed by atoms with E-state index in [1.54, 1.807) is 0 Å². The molecule has 0 fully saturated rings. The second-order valence-electron chi connectivity index (χ2n) is 15.5. The maximum atomic E-state index is 10.2. The smallest absolute Gasteiger partial charge is 0.147 e. The summed E-state index contributed by atoms with van der Waals surface area (Å²) in [4.78, 5) is 0. The third-order valence-electron chi connectivity index (χ3n) is 12.1. The number of furan rings is 4. The number of para-hydroxylation sites is 4. The lowest BCUT2D eigenvalue weighted by Crippen LogP contribution is -1.87. The zero-order valence-electron chi connectivity index (χ0n) is 31.8. The van der Waals surface area contributed by atoms with Crippen LogP contribution in [0.25, 0.3) is 132 Å². The molecule has 0 bridgehead atoms. The topological polar surface area (TPSA) is 76.3 Å². The number of rotatable bonds is 4. The van der Waals surface area contributed by atoms with Crippen molar-refractivity contribution in [2.45, 2.75) is 0 Å². The Morgan fingerprint density at radius 1 is 0.283 bits per heavy atom. The van der Waals surface area contributed by atoms with Gasteiger partial charge in [0.2, 0.25) is 0 Å². The molecule has 278 valence electrons. The highest BCUT2D eigenvalue weighted by atomic mass is 16.4. The summed E-state index contributed by atoms with van der Waals surface area (Å²) in [6.07, 6.45) is 0. The second kappa shape index (κ2) is 12.3. The summed E-state index contributed by atoms with van der Waals surface area (Å²) in [6.45, 7) is 0. The summed E-state index contributed by atoms with van der Waals surface area (Å²) in [5, 5.41) is 18.7. The molecule has 0 aliphatic rings. The highest BCUT2D eigenvalue weighted by molar-refractivity contribution is 6.23. The minimum atomic E-state index is 0.586. The van der Waals surface area contributed by atoms with Gasteiger partial charge in [-0.1, -0.05) is 121 Å². The van der Waals surface area contributed by atoms with Crippen LogP contribution in [0.15, 0.2) is 194 Å². The van der Waals surface area contributed by atoms with Crippen LogP contribution in [0.3, 0.4) is 0 Å². The van der Waals surface area contributed by atoms with E-state index in [0.717, 1.165) is 132 Å². The van der Waals surface area contributed by atoms with Crippen molar-refractivity contribution in [3.8, 4) is 50.6 Å². The van der Waals surface area contributed by atoms with Crippen LogP contribution in [0, 0.1) is 11.3 Å². The minimum absolute atomic E-state index is 0.586. The first kappa shape index (κ1) is 32.7. The monoisotopic (exact) mass is 767 g/mol. The molecule has 4 heterocycles. The Balaban J connectivity index is 0.919. The molecule has 0 saturated heterocycles. The van der Waals surface area contributed by atoms with Gasteiger partial charge in [0, 0.05) is 43.1 Å². The summed E-state index contributed by atoms with van der Waals surface area (Å²) < 4.78 is 26.2. The molecule has 0 saturated carbocycles. The molecule has 0 N–H and O–H groups in total. The predicted octanol–water partition coefficient (Wildman–Crippen LogP) is 15.8. The van der Waals surface area contributed by atoms with E-state index in [4.69, 9.17) is 17.7 Å². The summed E-state index contributed by atoms with van der Waals surface area (Å²) >= 11 is 0. The van der Waals surface area contributed by atoms with E-state index in [1.165, 1.54) is 0 Å². The van der Waals surface area contributed by atoms with Gasteiger partial charge in [-0.15, -0.1) is 0 Å². The summed E-state index contributed by atoms with van der Waals surface area (Å²) in [7, 11) is 0. The molecule has 60 heavy (non-hydrogen) atoms. The third-order valence-corrected chi connectivity index (χ3v) is 12.1. The zero-order valence-corrected chi connectivity index (χ0v) is 31.8. The molecule has 5 heteroatoms. The van der Waals surface area contributed by atoms with E-state index in [9.17, 15) is 5.26 Å². The van der Waals surface area contributed by atoms with Crippen LogP contribution < -0.4 is 0 Å². The van der Waals surface area contributed by atoms with E-state index in [0.29, 0.717) is 5.56 Å². The van der Waals surface area contributed by atoms with E-state index >= 15 is 0 Å². The van der Waals surface area contributed by atoms with Gasteiger partial charge < -0.3 is 17.7 Å². The van der Waals surface area contributed by atoms with Crippen LogP contribution in [0.4, 0.5) is 0 Å². The van der Waals surface area contributed by atoms with Crippen LogP contribution in [0.2, 0.25) is 0 Å². The molecule has 0 atom stereocenters. The molecule has 0 aliphatic carbocycles. The molecule has 0 amide bonds. The van der Waals surface area contributed by atoms with Gasteiger partial charge in [-0.25, -0.2) is 0 Å². The fraction of sp³-hybridized carbons (Fsp3) is 0. The number of benzene rings is 9. The molecule has 5 nitrogen and oxygen atoms in total. The molecular weight excluding hydrogens is 739 g/mol. The Labute approximate surface area is 341 Å². The Hall–Kier alpha value is -8.33. The van der Waals surface area contributed by atoms with Gasteiger partial charge in [0.05, 0.1) is 22.8 Å². The molecule has 0 aliphatic heterocycles. The van der Waals surface area contributed by atoms with Gasteiger partial charge in [0.15, 0.2) is 0 Å². The summed E-state index contributed by atoms with van der Waals surface area (Å²) in [6, 6.07) is 62.4. The minimum Gasteiger partial charge on any atom is -0.455 e. The van der Waals surface area contributed by atoms with E-state index in [1.807, 2.05) is 84.9 Å². The van der Waals surface area contributed by atoms with Gasteiger partial charge in [-0.3, -0.25) is 0 Å². The average molecular weight is 768 g/mol. The van der Waals surface area contributed by atoms with Crippen molar-refractivity contribution in [1.82, 2.24) is 0 Å². The fourth-order valence-electron chi connectivity index (χ4n) is 9.28. The number of hydrogen-bond donors (Lipinski definition) is 0. The standard InChI is InChI=1S/C55H29NO4/c56-30-31-25-36(32-17-21-34(22-18-32)50-52-42(38-9-1-5-13-46(38)57-52)28-43-39-10-2-6-14-47(39)58-53(43)50)27-37(26-31)33-19-23-35(24-20-33)51-54-44(40-11-3-7-15-48(40)59-54)29-45-41-12-4-8-16-49(41)60-55(45)51/h1-29H. The number of fused-ring (bicyclic) bond motifs is 12. The van der Waals surface area contributed by atoms with Gasteiger partial charge in [0.25, 0.3) is 0 Å². The molecule has 0 unspecified atom stereocenters. The Bertz CT molecular complexity index is 3520. The van der Waals surface area contributed by atoms with E-state index in [-0.39, 0.29) is 0 Å². The van der Waals surface area contributed by atoms with Crippen molar-refractivity contribution >= 4 is 87.8 Å². The van der Waals surface area contributed by atoms with Crippen LogP contribution in [0.5, 0.6) is 0 Å². The van der Waals surface area contributed by atoms with Crippen molar-refractivity contribution in [2.24, 2.45) is 0 Å². The molecule has 4 aromatic heterocycles. The Morgan fingerprint density at radius 2 is 0.583 bits per heavy atom. The number of nitrogens with zero attached hydrogens (tertiary/aromatic N) is 1. The van der Waals surface area contributed by atoms with Gasteiger partial charge in [-0.2, -0.15) is 5.26 Å². The first-order chi connectivity index (χ1) is 29.7. The molecular formula is C55H29NO4. The lowest BCUT2D eigenvalue weighted by molar-refractivity contribution is 0.657. The van der Waals surface area contributed by atoms with Crippen molar-refractivity contribution in [3.63, 3.8) is 0 Å². The van der Waals surface area contributed by atoms with Crippen LogP contribution in [-0.2, 0) is 0 Å². The first-order valence-corrected chi connectivity index (χ1v) is 19.9. The summed E-state index contributed by atoms with van der Waals surface area (Å²) in [5.74, 6) is 0. The van der Waals surface area contributed by atoms with Crippen molar-refractivity contribution in [2.75, 3.05) is 0 Å². The van der Waals surface area contributed by atoms with Crippen molar-refractivity contribution in [1.29, 1.82) is 5.26 Å². The zero-order chi connectivity index (χ0) is 39.5. The molecule has 0 radical (unpaired) electrons. The largest absolute Gasteiger partial charge is 0.455 e.